The van der Waals surface area contributed by atoms with Gasteiger partial charge in [0.1, 0.15) is 18.0 Å². The predicted molar refractivity (Wildman–Crippen MR) is 96.2 cm³/mol. The third-order valence-corrected chi connectivity index (χ3v) is 5.30. The molecular weight excluding hydrogens is 320 g/mol. The highest BCUT2D eigenvalue weighted by molar-refractivity contribution is 6.18. The van der Waals surface area contributed by atoms with Crippen LogP contribution in [0.5, 0.6) is 0 Å². The molecule has 25 heavy (non-hydrogen) atoms. The number of fused-ring (bicyclic) bond motifs is 1. The Kier molecular flexibility index (Phi) is 5.39. The van der Waals surface area contributed by atoms with Crippen molar-refractivity contribution >= 4 is 17.9 Å². The van der Waals surface area contributed by atoms with E-state index in [4.69, 9.17) is 10.7 Å². The van der Waals surface area contributed by atoms with Gasteiger partial charge in [-0.25, -0.2) is 9.59 Å². The molecule has 0 spiro atoms. The van der Waals surface area contributed by atoms with Crippen LogP contribution in [0.1, 0.15) is 25.7 Å². The van der Waals surface area contributed by atoms with Crippen LogP contribution in [-0.2, 0) is 0 Å². The van der Waals surface area contributed by atoms with Gasteiger partial charge < -0.3 is 15.5 Å². The topological polar surface area (TPSA) is 94.3 Å². The zero-order valence-corrected chi connectivity index (χ0v) is 14.9. The monoisotopic (exact) mass is 348 g/mol. The molecule has 3 N–H and O–H groups in total. The van der Waals surface area contributed by atoms with E-state index in [0.717, 1.165) is 25.7 Å². The SMILES string of the molecule is C=CCC(CCN)C1N=C2C(CN1)N(C)C(=O)N2C(=O)N1CCCC1. The van der Waals surface area contributed by atoms with E-state index in [1.54, 1.807) is 16.8 Å². The molecule has 0 aliphatic carbocycles. The maximum absolute atomic E-state index is 12.9. The summed E-state index contributed by atoms with van der Waals surface area (Å²) in [6.45, 7) is 6.39. The number of aliphatic imine (C=N–C) groups is 1. The minimum absolute atomic E-state index is 0.152. The fraction of sp³-hybridized carbons (Fsp3) is 0.706. The second-order valence-corrected chi connectivity index (χ2v) is 6.92. The lowest BCUT2D eigenvalue weighted by Crippen LogP contribution is -2.53. The number of urea groups is 2. The summed E-state index contributed by atoms with van der Waals surface area (Å²) >= 11 is 0. The van der Waals surface area contributed by atoms with Gasteiger partial charge in [-0.1, -0.05) is 6.08 Å². The molecule has 8 heteroatoms. The molecule has 0 bridgehead atoms. The molecule has 3 aliphatic heterocycles. The van der Waals surface area contributed by atoms with Crippen molar-refractivity contribution < 1.29 is 9.59 Å². The molecule has 3 rings (SSSR count). The van der Waals surface area contributed by atoms with Crippen molar-refractivity contribution in [2.24, 2.45) is 16.6 Å². The summed E-state index contributed by atoms with van der Waals surface area (Å²) in [5.41, 5.74) is 5.73. The largest absolute Gasteiger partial charge is 0.334 e. The van der Waals surface area contributed by atoms with Gasteiger partial charge in [0, 0.05) is 26.7 Å². The van der Waals surface area contributed by atoms with Gasteiger partial charge in [0.15, 0.2) is 0 Å². The summed E-state index contributed by atoms with van der Waals surface area (Å²) in [4.78, 5) is 34.9. The molecule has 0 aromatic rings. The van der Waals surface area contributed by atoms with Crippen LogP contribution in [0.3, 0.4) is 0 Å². The number of allylic oxidation sites excluding steroid dienone is 1. The van der Waals surface area contributed by atoms with Gasteiger partial charge in [-0.3, -0.25) is 10.3 Å². The minimum Gasteiger partial charge on any atom is -0.330 e. The lowest BCUT2D eigenvalue weighted by atomic mass is 9.96. The summed E-state index contributed by atoms with van der Waals surface area (Å²) in [6.07, 6.45) is 5.30. The van der Waals surface area contributed by atoms with Crippen molar-refractivity contribution in [3.05, 3.63) is 12.7 Å². The van der Waals surface area contributed by atoms with Crippen LogP contribution in [0.15, 0.2) is 17.6 Å². The van der Waals surface area contributed by atoms with E-state index in [0.29, 0.717) is 32.0 Å². The first-order valence-electron chi connectivity index (χ1n) is 9.06. The average Bonchev–Trinajstić information content (AvgIpc) is 3.22. The van der Waals surface area contributed by atoms with E-state index in [1.165, 1.54) is 4.90 Å². The number of nitrogens with two attached hydrogens (primary N) is 1. The van der Waals surface area contributed by atoms with E-state index in [9.17, 15) is 9.59 Å². The van der Waals surface area contributed by atoms with E-state index in [-0.39, 0.29) is 30.2 Å². The molecular formula is C17H28N6O2. The molecule has 0 aromatic carbocycles. The smallest absolute Gasteiger partial charge is 0.330 e. The number of likely N-dealkylation sites (N-methyl/N-ethyl adjacent to an activating group) is 1. The highest BCUT2D eigenvalue weighted by Gasteiger charge is 2.48. The molecule has 138 valence electrons. The normalized spacial score (nSPS) is 27.4. The minimum atomic E-state index is -0.290. The summed E-state index contributed by atoms with van der Waals surface area (Å²) in [5, 5.41) is 3.40. The van der Waals surface area contributed by atoms with Crippen LogP contribution in [0.4, 0.5) is 9.59 Å². The number of amides is 4. The van der Waals surface area contributed by atoms with Crippen LogP contribution in [0.25, 0.3) is 0 Å². The fourth-order valence-corrected chi connectivity index (χ4v) is 3.84. The highest BCUT2D eigenvalue weighted by atomic mass is 16.2. The summed E-state index contributed by atoms with van der Waals surface area (Å²) < 4.78 is 0. The highest BCUT2D eigenvalue weighted by Crippen LogP contribution is 2.26. The predicted octanol–water partition coefficient (Wildman–Crippen LogP) is 0.807. The van der Waals surface area contributed by atoms with Crippen LogP contribution in [-0.4, -0.2) is 78.0 Å². The van der Waals surface area contributed by atoms with Crippen molar-refractivity contribution in [3.63, 3.8) is 0 Å². The summed E-state index contributed by atoms with van der Waals surface area (Å²) in [5.74, 6) is 0.778. The average molecular weight is 348 g/mol. The Morgan fingerprint density at radius 2 is 2.20 bits per heavy atom. The van der Waals surface area contributed by atoms with Gasteiger partial charge in [-0.05, 0) is 38.1 Å². The number of nitrogens with one attached hydrogen (secondary N) is 1. The number of carbonyl (C=O) groups is 2. The zero-order valence-electron chi connectivity index (χ0n) is 14.9. The van der Waals surface area contributed by atoms with Gasteiger partial charge in [-0.2, -0.15) is 4.90 Å². The van der Waals surface area contributed by atoms with Crippen molar-refractivity contribution in [2.75, 3.05) is 33.2 Å². The van der Waals surface area contributed by atoms with Gasteiger partial charge in [0.05, 0.1) is 0 Å². The Balaban J connectivity index is 1.86. The van der Waals surface area contributed by atoms with Gasteiger partial charge in [0.2, 0.25) is 0 Å². The van der Waals surface area contributed by atoms with E-state index < -0.39 is 0 Å². The number of rotatable bonds is 5. The quantitative estimate of drug-likeness (QED) is 0.719. The number of amidine groups is 1. The number of nitrogens with zero attached hydrogens (tertiary/aromatic N) is 4. The molecule has 0 saturated carbocycles. The first kappa shape index (κ1) is 17.9. The number of likely N-dealkylation sites (tertiary alicyclic amines) is 1. The number of imide groups is 1. The van der Waals surface area contributed by atoms with E-state index in [2.05, 4.69) is 11.9 Å². The number of hydrogen-bond donors (Lipinski definition) is 2. The van der Waals surface area contributed by atoms with E-state index >= 15 is 0 Å². The third-order valence-electron chi connectivity index (χ3n) is 5.30. The van der Waals surface area contributed by atoms with Crippen molar-refractivity contribution in [1.82, 2.24) is 20.0 Å². The third kappa shape index (κ3) is 3.28. The Labute approximate surface area is 148 Å². The number of carbonyl (C=O) groups excluding carboxylic acids is 2. The Hall–Kier alpha value is -1.93. The van der Waals surface area contributed by atoms with Gasteiger partial charge >= 0.3 is 12.1 Å². The molecule has 0 aromatic heterocycles. The Bertz CT molecular complexity index is 571. The van der Waals surface area contributed by atoms with Crippen LogP contribution >= 0.6 is 0 Å². The Morgan fingerprint density at radius 3 is 2.84 bits per heavy atom. The summed E-state index contributed by atoms with van der Waals surface area (Å²) in [7, 11) is 1.73. The molecule has 3 atom stereocenters. The van der Waals surface area contributed by atoms with Crippen LogP contribution in [0.2, 0.25) is 0 Å². The summed E-state index contributed by atoms with van der Waals surface area (Å²) in [6, 6.07) is -0.727. The van der Waals surface area contributed by atoms with E-state index in [1.807, 2.05) is 6.08 Å². The molecule has 3 unspecified atom stereocenters. The molecule has 8 nitrogen and oxygen atoms in total. The standard InChI is InChI=1S/C17H28N6O2/c1-3-6-12(7-8-18)14-19-11-13-15(20-14)23(16(24)21(13)2)17(25)22-9-4-5-10-22/h3,12-14,19H,1,4-11,18H2,2H3. The van der Waals surface area contributed by atoms with Crippen molar-refractivity contribution in [2.45, 2.75) is 37.9 Å². The maximum atomic E-state index is 12.9. The Morgan fingerprint density at radius 1 is 1.48 bits per heavy atom. The molecule has 2 saturated heterocycles. The molecule has 3 heterocycles. The fourth-order valence-electron chi connectivity index (χ4n) is 3.84. The van der Waals surface area contributed by atoms with Gasteiger partial charge in [-0.15, -0.1) is 6.58 Å². The second-order valence-electron chi connectivity index (χ2n) is 6.92. The molecule has 2 fully saturated rings. The van der Waals surface area contributed by atoms with Crippen LogP contribution in [0, 0.1) is 5.92 Å². The number of hydrogen-bond acceptors (Lipinski definition) is 5. The first-order valence-corrected chi connectivity index (χ1v) is 9.06. The van der Waals surface area contributed by atoms with Crippen molar-refractivity contribution in [1.29, 1.82) is 0 Å². The zero-order chi connectivity index (χ0) is 18.0. The molecule has 0 radical (unpaired) electrons. The second kappa shape index (κ2) is 7.53. The van der Waals surface area contributed by atoms with Gasteiger partial charge in [0.25, 0.3) is 0 Å². The molecule has 3 aliphatic rings. The lowest BCUT2D eigenvalue weighted by molar-refractivity contribution is 0.174. The molecule has 4 amide bonds. The van der Waals surface area contributed by atoms with Crippen molar-refractivity contribution in [3.8, 4) is 0 Å². The lowest BCUT2D eigenvalue weighted by Gasteiger charge is -2.32. The first-order chi connectivity index (χ1) is 12.1. The van der Waals surface area contributed by atoms with Crippen LogP contribution < -0.4 is 11.1 Å². The maximum Gasteiger partial charge on any atom is 0.334 e.